The van der Waals surface area contributed by atoms with Crippen LogP contribution in [0.5, 0.6) is 0 Å². The normalized spacial score (nSPS) is 33.2. The van der Waals surface area contributed by atoms with E-state index < -0.39 is 29.6 Å². The molecule has 3 aliphatic heterocycles. The van der Waals surface area contributed by atoms with Crippen molar-refractivity contribution in [3.8, 4) is 0 Å². The number of benzene rings is 1. The van der Waals surface area contributed by atoms with Crippen LogP contribution in [0.25, 0.3) is 0 Å². The highest BCUT2D eigenvalue weighted by atomic mass is 79.9. The molecule has 2 bridgehead atoms. The number of likely N-dealkylation sites (tertiary alicyclic amines) is 1. The van der Waals surface area contributed by atoms with Crippen molar-refractivity contribution in [1.82, 2.24) is 10.2 Å². The van der Waals surface area contributed by atoms with Gasteiger partial charge in [-0.1, -0.05) is 47.5 Å². The van der Waals surface area contributed by atoms with E-state index in [2.05, 4.69) is 33.5 Å². The molecule has 3 saturated heterocycles. The predicted molar refractivity (Wildman–Crippen MR) is 127 cm³/mol. The molecule has 1 aromatic rings. The molecule has 1 aromatic carbocycles. The Morgan fingerprint density at radius 3 is 2.70 bits per heavy atom. The first-order chi connectivity index (χ1) is 15.8. The predicted octanol–water partition coefficient (Wildman–Crippen LogP) is 2.06. The number of carbonyl (C=O) groups excluding carboxylic acids is 3. The molecular formula is C24H32BrN3O5. The first-order valence-electron chi connectivity index (χ1n) is 11.7. The third-order valence-electron chi connectivity index (χ3n) is 7.05. The van der Waals surface area contributed by atoms with E-state index >= 15 is 0 Å². The number of aliphatic hydroxyl groups is 1. The number of halogens is 1. The van der Waals surface area contributed by atoms with Crippen molar-refractivity contribution in [3.05, 3.63) is 30.3 Å². The summed E-state index contributed by atoms with van der Waals surface area (Å²) in [7, 11) is 0. The molecule has 3 heterocycles. The second-order valence-electron chi connectivity index (χ2n) is 9.33. The standard InChI is InChI=1S/C24H32BrN3O5/c1-3-8-14(2)26-22(31)20-24-13-16(25)19(33-24)17(18(24)23(32)28(20)11-7-12-29)21(30)27-15-9-5-4-6-10-15/h4-6,9-10,14,16-20,29H,3,7-8,11-13H2,1-2H3,(H,26,31)(H,27,30)/t14?,16?,17-,18-,19-,20?,24?/m0/s1. The zero-order valence-electron chi connectivity index (χ0n) is 19.0. The number of nitrogens with one attached hydrogen (secondary N) is 2. The van der Waals surface area contributed by atoms with Gasteiger partial charge in [0.1, 0.15) is 11.6 Å². The number of rotatable bonds is 9. The second kappa shape index (κ2) is 9.72. The molecule has 4 unspecified atom stereocenters. The summed E-state index contributed by atoms with van der Waals surface area (Å²) < 4.78 is 6.43. The van der Waals surface area contributed by atoms with Gasteiger partial charge >= 0.3 is 0 Å². The van der Waals surface area contributed by atoms with Gasteiger partial charge < -0.3 is 25.4 Å². The molecule has 3 amide bonds. The monoisotopic (exact) mass is 521 g/mol. The highest BCUT2D eigenvalue weighted by Crippen LogP contribution is 2.60. The van der Waals surface area contributed by atoms with E-state index in [0.717, 1.165) is 12.8 Å². The molecule has 3 aliphatic rings. The molecule has 3 N–H and O–H groups in total. The van der Waals surface area contributed by atoms with Crippen LogP contribution in [0.15, 0.2) is 30.3 Å². The van der Waals surface area contributed by atoms with Crippen LogP contribution in [0.3, 0.4) is 0 Å². The van der Waals surface area contributed by atoms with Gasteiger partial charge in [0.25, 0.3) is 0 Å². The maximum absolute atomic E-state index is 13.7. The Hall–Kier alpha value is -1.97. The van der Waals surface area contributed by atoms with E-state index in [0.29, 0.717) is 18.5 Å². The minimum absolute atomic E-state index is 0.0386. The maximum Gasteiger partial charge on any atom is 0.246 e. The average molecular weight is 522 g/mol. The van der Waals surface area contributed by atoms with Crippen molar-refractivity contribution in [2.75, 3.05) is 18.5 Å². The SMILES string of the molecule is CCCC(C)NC(=O)C1N(CCCO)C(=O)[C@@H]2[C@H](C(=O)Nc3ccccc3)[C@H]3OC12CC3Br. The smallest absolute Gasteiger partial charge is 0.246 e. The van der Waals surface area contributed by atoms with E-state index in [4.69, 9.17) is 4.74 Å². The van der Waals surface area contributed by atoms with E-state index in [-0.39, 0.29) is 41.7 Å². The lowest BCUT2D eigenvalue weighted by molar-refractivity contribution is -0.141. The number of carbonyl (C=O) groups is 3. The lowest BCUT2D eigenvalue weighted by atomic mass is 9.70. The highest BCUT2D eigenvalue weighted by molar-refractivity contribution is 9.09. The van der Waals surface area contributed by atoms with Gasteiger partial charge in [0.15, 0.2) is 0 Å². The summed E-state index contributed by atoms with van der Waals surface area (Å²) in [5.41, 5.74) is -0.421. The molecule has 0 aliphatic carbocycles. The van der Waals surface area contributed by atoms with E-state index in [1.807, 2.05) is 25.1 Å². The number of aliphatic hydroxyl groups excluding tert-OH is 1. The van der Waals surface area contributed by atoms with E-state index in [9.17, 15) is 19.5 Å². The number of hydrogen-bond donors (Lipinski definition) is 3. The Balaban J connectivity index is 1.66. The first-order valence-corrected chi connectivity index (χ1v) is 12.6. The molecule has 7 atom stereocenters. The van der Waals surface area contributed by atoms with Gasteiger partial charge in [-0.25, -0.2) is 0 Å². The molecule has 0 saturated carbocycles. The molecule has 0 aromatic heterocycles. The molecular weight excluding hydrogens is 490 g/mol. The highest BCUT2D eigenvalue weighted by Gasteiger charge is 2.76. The topological polar surface area (TPSA) is 108 Å². The number of nitrogens with zero attached hydrogens (tertiary/aromatic N) is 1. The zero-order chi connectivity index (χ0) is 23.8. The fraction of sp³-hybridized carbons (Fsp3) is 0.625. The number of para-hydroxylation sites is 1. The summed E-state index contributed by atoms with van der Waals surface area (Å²) in [4.78, 5) is 41.9. The number of fused-ring (bicyclic) bond motifs is 1. The Bertz CT molecular complexity index is 899. The lowest BCUT2D eigenvalue weighted by Gasteiger charge is -2.34. The summed E-state index contributed by atoms with van der Waals surface area (Å²) in [6, 6.07) is 8.24. The van der Waals surface area contributed by atoms with Crippen molar-refractivity contribution < 1.29 is 24.2 Å². The fourth-order valence-electron chi connectivity index (χ4n) is 5.79. The van der Waals surface area contributed by atoms with Gasteiger partial charge in [-0.3, -0.25) is 14.4 Å². The minimum Gasteiger partial charge on any atom is -0.396 e. The summed E-state index contributed by atoms with van der Waals surface area (Å²) in [5, 5.41) is 15.4. The molecule has 8 nitrogen and oxygen atoms in total. The van der Waals surface area contributed by atoms with Gasteiger partial charge in [-0.05, 0) is 38.3 Å². The first kappa shape index (κ1) is 24.2. The largest absolute Gasteiger partial charge is 0.396 e. The minimum atomic E-state index is -1.07. The van der Waals surface area contributed by atoms with Crippen LogP contribution < -0.4 is 10.6 Å². The van der Waals surface area contributed by atoms with Gasteiger partial charge in [0.05, 0.1) is 17.9 Å². The van der Waals surface area contributed by atoms with Gasteiger partial charge in [0, 0.05) is 29.7 Å². The summed E-state index contributed by atoms with van der Waals surface area (Å²) in [5.74, 6) is -2.23. The number of anilines is 1. The van der Waals surface area contributed by atoms with Crippen LogP contribution in [0.4, 0.5) is 5.69 Å². The van der Waals surface area contributed by atoms with Crippen LogP contribution in [0, 0.1) is 11.8 Å². The van der Waals surface area contributed by atoms with Crippen LogP contribution in [0.2, 0.25) is 0 Å². The Morgan fingerprint density at radius 1 is 1.30 bits per heavy atom. The molecule has 9 heteroatoms. The molecule has 0 radical (unpaired) electrons. The van der Waals surface area contributed by atoms with Gasteiger partial charge in [-0.2, -0.15) is 0 Å². The van der Waals surface area contributed by atoms with E-state index in [1.54, 1.807) is 12.1 Å². The maximum atomic E-state index is 13.7. The Morgan fingerprint density at radius 2 is 2.03 bits per heavy atom. The van der Waals surface area contributed by atoms with Crippen molar-refractivity contribution in [2.45, 2.75) is 68.1 Å². The third kappa shape index (κ3) is 4.19. The van der Waals surface area contributed by atoms with Crippen LogP contribution in [-0.2, 0) is 19.1 Å². The molecule has 4 rings (SSSR count). The van der Waals surface area contributed by atoms with Crippen LogP contribution in [-0.4, -0.2) is 69.5 Å². The molecule has 180 valence electrons. The fourth-order valence-corrected chi connectivity index (χ4v) is 6.73. The van der Waals surface area contributed by atoms with Crippen LogP contribution >= 0.6 is 15.9 Å². The quantitative estimate of drug-likeness (QED) is 0.431. The number of ether oxygens (including phenoxy) is 1. The molecule has 33 heavy (non-hydrogen) atoms. The molecule has 3 fully saturated rings. The van der Waals surface area contributed by atoms with Crippen molar-refractivity contribution in [3.63, 3.8) is 0 Å². The number of hydrogen-bond acceptors (Lipinski definition) is 5. The Kier molecular flexibility index (Phi) is 7.12. The van der Waals surface area contributed by atoms with Crippen molar-refractivity contribution in [1.29, 1.82) is 0 Å². The number of alkyl halides is 1. The van der Waals surface area contributed by atoms with Crippen molar-refractivity contribution in [2.24, 2.45) is 11.8 Å². The second-order valence-corrected chi connectivity index (χ2v) is 10.5. The number of amides is 3. The summed E-state index contributed by atoms with van der Waals surface area (Å²) >= 11 is 3.66. The third-order valence-corrected chi connectivity index (χ3v) is 7.89. The summed E-state index contributed by atoms with van der Waals surface area (Å²) in [6.45, 7) is 4.14. The van der Waals surface area contributed by atoms with Crippen LogP contribution in [0.1, 0.15) is 39.5 Å². The van der Waals surface area contributed by atoms with Gasteiger partial charge in [-0.15, -0.1) is 0 Å². The van der Waals surface area contributed by atoms with Gasteiger partial charge in [0.2, 0.25) is 17.7 Å². The molecule has 1 spiro atoms. The Labute approximate surface area is 202 Å². The van der Waals surface area contributed by atoms with E-state index in [1.165, 1.54) is 4.90 Å². The average Bonchev–Trinajstić information content (AvgIpc) is 3.36. The summed E-state index contributed by atoms with van der Waals surface area (Å²) in [6.07, 6.45) is 2.08. The van der Waals surface area contributed by atoms with Crippen molar-refractivity contribution >= 4 is 39.3 Å². The zero-order valence-corrected chi connectivity index (χ0v) is 20.6. The lowest BCUT2D eigenvalue weighted by Crippen LogP contribution is -2.57.